The molecule has 2 aromatic carbocycles. The molecular formula is C22H23N3O5. The Bertz CT molecular complexity index is 1090. The molecule has 0 bridgehead atoms. The molecule has 3 aromatic rings. The second-order valence-electron chi connectivity index (χ2n) is 7.05. The normalized spacial score (nSPS) is 15.9. The average molecular weight is 409 g/mol. The van der Waals surface area contributed by atoms with Gasteiger partial charge in [-0.2, -0.15) is 4.68 Å². The van der Waals surface area contributed by atoms with Crippen LogP contribution in [0.2, 0.25) is 0 Å². The third-order valence-electron chi connectivity index (χ3n) is 5.28. The number of carbonyl (C=O) groups excluding carboxylic acids is 1. The molecule has 156 valence electrons. The van der Waals surface area contributed by atoms with E-state index in [2.05, 4.69) is 5.10 Å². The van der Waals surface area contributed by atoms with Crippen molar-refractivity contribution in [1.82, 2.24) is 14.7 Å². The van der Waals surface area contributed by atoms with Crippen LogP contribution in [0.15, 0.2) is 57.7 Å². The fraction of sp³-hybridized carbons (Fsp3) is 0.318. The molecule has 1 aliphatic heterocycles. The Morgan fingerprint density at radius 3 is 2.70 bits per heavy atom. The van der Waals surface area contributed by atoms with Crippen LogP contribution in [0.5, 0.6) is 11.5 Å². The van der Waals surface area contributed by atoms with Crippen LogP contribution < -0.4 is 15.2 Å². The summed E-state index contributed by atoms with van der Waals surface area (Å²) in [6, 6.07) is 14.5. The highest BCUT2D eigenvalue weighted by atomic mass is 16.5. The summed E-state index contributed by atoms with van der Waals surface area (Å²) < 4.78 is 17.1. The quantitative estimate of drug-likeness (QED) is 0.622. The minimum absolute atomic E-state index is 0.154. The summed E-state index contributed by atoms with van der Waals surface area (Å²) in [4.78, 5) is 27.1. The molecule has 8 nitrogen and oxygen atoms in total. The first-order valence-electron chi connectivity index (χ1n) is 9.75. The molecule has 0 spiro atoms. The van der Waals surface area contributed by atoms with Crippen molar-refractivity contribution in [2.24, 2.45) is 0 Å². The number of amides is 1. The van der Waals surface area contributed by atoms with Crippen LogP contribution in [0, 0.1) is 0 Å². The highest BCUT2D eigenvalue weighted by Crippen LogP contribution is 2.39. The van der Waals surface area contributed by atoms with Crippen molar-refractivity contribution in [3.05, 3.63) is 64.6 Å². The third kappa shape index (κ3) is 3.80. The van der Waals surface area contributed by atoms with Gasteiger partial charge in [0.15, 0.2) is 0 Å². The molecule has 4 rings (SSSR count). The Kier molecular flexibility index (Phi) is 5.56. The van der Waals surface area contributed by atoms with Gasteiger partial charge in [-0.25, -0.2) is 4.79 Å². The molecule has 1 fully saturated rings. The number of benzene rings is 2. The first-order chi connectivity index (χ1) is 14.6. The monoisotopic (exact) mass is 409 g/mol. The Hall–Kier alpha value is -3.55. The Balaban J connectivity index is 1.57. The molecule has 2 heterocycles. The van der Waals surface area contributed by atoms with Gasteiger partial charge < -0.3 is 18.8 Å². The third-order valence-corrected chi connectivity index (χ3v) is 5.28. The molecule has 30 heavy (non-hydrogen) atoms. The van der Waals surface area contributed by atoms with Crippen LogP contribution in [0.1, 0.15) is 24.4 Å². The number of nitrogens with zero attached hydrogens (tertiary/aromatic N) is 3. The summed E-state index contributed by atoms with van der Waals surface area (Å²) in [7, 11) is 3.21. The van der Waals surface area contributed by atoms with Crippen molar-refractivity contribution in [3.63, 3.8) is 0 Å². The Morgan fingerprint density at radius 2 is 1.97 bits per heavy atom. The minimum atomic E-state index is -0.656. The maximum absolute atomic E-state index is 13.1. The van der Waals surface area contributed by atoms with Crippen LogP contribution in [-0.2, 0) is 11.3 Å². The lowest BCUT2D eigenvalue weighted by Crippen LogP contribution is -2.35. The lowest BCUT2D eigenvalue weighted by Gasteiger charge is -2.26. The van der Waals surface area contributed by atoms with Gasteiger partial charge in [-0.05, 0) is 43.2 Å². The van der Waals surface area contributed by atoms with E-state index >= 15 is 0 Å². The number of hydrogen-bond donors (Lipinski definition) is 0. The molecule has 1 amide bonds. The Labute approximate surface area is 173 Å². The van der Waals surface area contributed by atoms with Gasteiger partial charge in [0.2, 0.25) is 11.8 Å². The summed E-state index contributed by atoms with van der Waals surface area (Å²) in [6.45, 7) is 0.417. The van der Waals surface area contributed by atoms with Crippen molar-refractivity contribution in [2.45, 2.75) is 25.4 Å². The van der Waals surface area contributed by atoms with Crippen LogP contribution in [0.25, 0.3) is 11.5 Å². The number of aromatic nitrogens is 2. The number of methoxy groups -OCH3 is 2. The van der Waals surface area contributed by atoms with Crippen LogP contribution >= 0.6 is 0 Å². The number of ether oxygens (including phenoxy) is 2. The molecule has 1 aromatic heterocycles. The molecule has 8 heteroatoms. The van der Waals surface area contributed by atoms with Crippen molar-refractivity contribution in [1.29, 1.82) is 0 Å². The van der Waals surface area contributed by atoms with Crippen LogP contribution in [-0.4, -0.2) is 41.4 Å². The lowest BCUT2D eigenvalue weighted by molar-refractivity contribution is -0.133. The van der Waals surface area contributed by atoms with E-state index in [1.165, 1.54) is 0 Å². The van der Waals surface area contributed by atoms with Crippen molar-refractivity contribution >= 4 is 5.91 Å². The van der Waals surface area contributed by atoms with Gasteiger partial charge >= 0.3 is 5.76 Å². The van der Waals surface area contributed by atoms with Crippen molar-refractivity contribution in [3.8, 4) is 23.0 Å². The summed E-state index contributed by atoms with van der Waals surface area (Å²) in [5.41, 5.74) is 1.57. The highest BCUT2D eigenvalue weighted by molar-refractivity contribution is 5.77. The van der Waals surface area contributed by atoms with Crippen LogP contribution in [0.3, 0.4) is 0 Å². The van der Waals surface area contributed by atoms with E-state index < -0.39 is 5.76 Å². The van der Waals surface area contributed by atoms with E-state index in [4.69, 9.17) is 13.9 Å². The van der Waals surface area contributed by atoms with Gasteiger partial charge in [-0.3, -0.25) is 4.79 Å². The molecule has 0 radical (unpaired) electrons. The lowest BCUT2D eigenvalue weighted by atomic mass is 10.0. The first-order valence-corrected chi connectivity index (χ1v) is 9.75. The average Bonchev–Trinajstić information content (AvgIpc) is 3.41. The molecular weight excluding hydrogens is 386 g/mol. The maximum atomic E-state index is 13.1. The molecule has 1 aliphatic rings. The fourth-order valence-electron chi connectivity index (χ4n) is 3.81. The molecule has 1 unspecified atom stereocenters. The summed E-state index contributed by atoms with van der Waals surface area (Å²) in [6.07, 6.45) is 1.66. The minimum Gasteiger partial charge on any atom is -0.497 e. The predicted molar refractivity (Wildman–Crippen MR) is 109 cm³/mol. The van der Waals surface area contributed by atoms with E-state index in [9.17, 15) is 9.59 Å². The maximum Gasteiger partial charge on any atom is 0.437 e. The van der Waals surface area contributed by atoms with Gasteiger partial charge in [-0.15, -0.1) is 5.10 Å². The van der Waals surface area contributed by atoms with Gasteiger partial charge in [0.25, 0.3) is 0 Å². The topological polar surface area (TPSA) is 86.8 Å². The second-order valence-corrected chi connectivity index (χ2v) is 7.05. The van der Waals surface area contributed by atoms with E-state index in [1.54, 1.807) is 31.3 Å². The van der Waals surface area contributed by atoms with E-state index in [-0.39, 0.29) is 24.4 Å². The predicted octanol–water partition coefficient (Wildman–Crippen LogP) is 2.88. The smallest absolute Gasteiger partial charge is 0.437 e. The van der Waals surface area contributed by atoms with E-state index in [1.807, 2.05) is 36.4 Å². The van der Waals surface area contributed by atoms with Crippen molar-refractivity contribution in [2.75, 3.05) is 20.8 Å². The SMILES string of the molecule is COc1ccc(OC)c(C2CCCN2C(=O)Cn2nc(-c3ccccc3)oc2=O)c1. The molecule has 1 saturated heterocycles. The van der Waals surface area contributed by atoms with Gasteiger partial charge in [0.1, 0.15) is 18.0 Å². The zero-order chi connectivity index (χ0) is 21.1. The Morgan fingerprint density at radius 1 is 1.17 bits per heavy atom. The zero-order valence-electron chi connectivity index (χ0n) is 16.9. The van der Waals surface area contributed by atoms with Crippen LogP contribution in [0.4, 0.5) is 0 Å². The number of carbonyl (C=O) groups is 1. The molecule has 0 N–H and O–H groups in total. The van der Waals surface area contributed by atoms with Gasteiger partial charge in [0, 0.05) is 17.7 Å². The second kappa shape index (κ2) is 8.44. The van der Waals surface area contributed by atoms with Gasteiger partial charge in [-0.1, -0.05) is 18.2 Å². The van der Waals surface area contributed by atoms with Crippen molar-refractivity contribution < 1.29 is 18.7 Å². The standard InChI is InChI=1S/C22H23N3O5/c1-28-16-10-11-19(29-2)17(13-16)18-9-6-12-24(18)20(26)14-25-22(27)30-21(23-25)15-7-4-3-5-8-15/h3-5,7-8,10-11,13,18H,6,9,12,14H2,1-2H3. The molecule has 0 saturated carbocycles. The summed E-state index contributed by atoms with van der Waals surface area (Å²) >= 11 is 0. The largest absolute Gasteiger partial charge is 0.497 e. The number of hydrogen-bond acceptors (Lipinski definition) is 6. The molecule has 1 atom stereocenters. The summed E-state index contributed by atoms with van der Waals surface area (Å²) in [5.74, 6) is 0.742. The number of likely N-dealkylation sites (tertiary alicyclic amines) is 1. The first kappa shape index (κ1) is 19.8. The highest BCUT2D eigenvalue weighted by Gasteiger charge is 2.32. The van der Waals surface area contributed by atoms with E-state index in [0.717, 1.165) is 23.1 Å². The molecule has 0 aliphatic carbocycles. The van der Waals surface area contributed by atoms with E-state index in [0.29, 0.717) is 23.6 Å². The summed E-state index contributed by atoms with van der Waals surface area (Å²) in [5, 5.41) is 4.20. The van der Waals surface area contributed by atoms with Gasteiger partial charge in [0.05, 0.1) is 20.3 Å². The zero-order valence-corrected chi connectivity index (χ0v) is 16.9. The fourth-order valence-corrected chi connectivity index (χ4v) is 3.81. The number of rotatable bonds is 6.